The Morgan fingerprint density at radius 2 is 2.05 bits per heavy atom. The molecule has 0 saturated carbocycles. The normalized spacial score (nSPS) is 13.5. The number of aliphatic imine (C=N–C) groups is 1. The second-order valence-corrected chi connectivity index (χ2v) is 6.18. The number of carboxylic acids is 1. The molecule has 0 amide bonds. The zero-order chi connectivity index (χ0) is 15.9. The number of benzene rings is 1. The van der Waals surface area contributed by atoms with Gasteiger partial charge in [0.1, 0.15) is 0 Å². The monoisotopic (exact) mass is 291 g/mol. The molecule has 0 heterocycles. The minimum absolute atomic E-state index is 0.225. The van der Waals surface area contributed by atoms with Gasteiger partial charge in [-0.25, -0.2) is 4.79 Å². The summed E-state index contributed by atoms with van der Waals surface area (Å²) in [5, 5.41) is 18.7. The van der Waals surface area contributed by atoms with Gasteiger partial charge in [-0.3, -0.25) is 4.99 Å². The maximum absolute atomic E-state index is 11.1. The number of rotatable bonds is 8. The molecule has 4 heteroatoms. The Bertz CT molecular complexity index is 489. The number of para-hydroxylation sites is 1. The molecule has 0 radical (unpaired) electrons. The lowest BCUT2D eigenvalue weighted by molar-refractivity contribution is 0.0669. The van der Waals surface area contributed by atoms with Crippen LogP contribution in [0.4, 0.5) is 5.69 Å². The summed E-state index contributed by atoms with van der Waals surface area (Å²) in [4.78, 5) is 15.3. The molecule has 2 N–H and O–H groups in total. The Kier molecular flexibility index (Phi) is 6.56. The van der Waals surface area contributed by atoms with Crippen molar-refractivity contribution >= 4 is 17.9 Å². The zero-order valence-electron chi connectivity index (χ0n) is 13.0. The molecular weight excluding hydrogens is 266 g/mol. The third kappa shape index (κ3) is 7.04. The van der Waals surface area contributed by atoms with Crippen LogP contribution in [0.25, 0.3) is 0 Å². The summed E-state index contributed by atoms with van der Waals surface area (Å²) in [6.07, 6.45) is 5.38. The van der Waals surface area contributed by atoms with Crippen molar-refractivity contribution in [1.29, 1.82) is 0 Å². The molecule has 0 aliphatic rings. The summed E-state index contributed by atoms with van der Waals surface area (Å²) < 4.78 is 0. The lowest BCUT2D eigenvalue weighted by atomic mass is 9.95. The van der Waals surface area contributed by atoms with Gasteiger partial charge in [0.15, 0.2) is 0 Å². The summed E-state index contributed by atoms with van der Waals surface area (Å²) in [6, 6.07) is 6.74. The number of hydrogen-bond donors (Lipinski definition) is 2. The summed E-state index contributed by atoms with van der Waals surface area (Å²) >= 11 is 0. The number of hydrogen-bond acceptors (Lipinski definition) is 3. The predicted octanol–water partition coefficient (Wildman–Crippen LogP) is 4.05. The van der Waals surface area contributed by atoms with Gasteiger partial charge in [-0.15, -0.1) is 0 Å². The second-order valence-electron chi connectivity index (χ2n) is 6.18. The summed E-state index contributed by atoms with van der Waals surface area (Å²) in [5.41, 5.74) is 0.117. The Hall–Kier alpha value is -1.68. The van der Waals surface area contributed by atoms with Crippen LogP contribution >= 0.6 is 0 Å². The van der Waals surface area contributed by atoms with Gasteiger partial charge < -0.3 is 10.2 Å². The van der Waals surface area contributed by atoms with Crippen molar-refractivity contribution < 1.29 is 15.0 Å². The van der Waals surface area contributed by atoms with E-state index >= 15 is 0 Å². The molecule has 0 saturated heterocycles. The fraction of sp³-hybridized carbons (Fsp3) is 0.529. The molecule has 4 nitrogen and oxygen atoms in total. The van der Waals surface area contributed by atoms with E-state index in [4.69, 9.17) is 5.11 Å². The molecule has 1 aromatic carbocycles. The van der Waals surface area contributed by atoms with Crippen LogP contribution < -0.4 is 0 Å². The lowest BCUT2D eigenvalue weighted by Gasteiger charge is -2.17. The van der Waals surface area contributed by atoms with E-state index in [0.29, 0.717) is 11.6 Å². The Morgan fingerprint density at radius 1 is 1.38 bits per heavy atom. The third-order valence-corrected chi connectivity index (χ3v) is 3.36. The third-order valence-electron chi connectivity index (χ3n) is 3.36. The molecule has 0 aliphatic heterocycles. The number of nitrogens with zero attached hydrogens (tertiary/aromatic N) is 1. The van der Waals surface area contributed by atoms with Crippen LogP contribution in [0.1, 0.15) is 56.8 Å². The Labute approximate surface area is 126 Å². The topological polar surface area (TPSA) is 69.9 Å². The van der Waals surface area contributed by atoms with Crippen molar-refractivity contribution in [3.05, 3.63) is 29.8 Å². The first-order valence-corrected chi connectivity index (χ1v) is 7.37. The fourth-order valence-corrected chi connectivity index (χ4v) is 2.10. The number of aliphatic hydroxyl groups is 1. The maximum Gasteiger partial charge on any atom is 0.337 e. The average Bonchev–Trinajstić information content (AvgIpc) is 2.37. The smallest absolute Gasteiger partial charge is 0.337 e. The fourth-order valence-electron chi connectivity index (χ4n) is 2.10. The Morgan fingerprint density at radius 3 is 2.67 bits per heavy atom. The highest BCUT2D eigenvalue weighted by Gasteiger charge is 2.12. The molecule has 1 unspecified atom stereocenters. The molecule has 0 spiro atoms. The van der Waals surface area contributed by atoms with Crippen molar-refractivity contribution in [2.45, 2.75) is 52.1 Å². The van der Waals surface area contributed by atoms with Gasteiger partial charge in [-0.05, 0) is 44.7 Å². The number of carbonyl (C=O) groups is 1. The van der Waals surface area contributed by atoms with Crippen molar-refractivity contribution in [3.8, 4) is 0 Å². The van der Waals surface area contributed by atoms with Gasteiger partial charge in [0.05, 0.1) is 16.9 Å². The SMILES string of the molecule is CC(C/C=N/c1ccccc1C(=O)O)CCCC(C)(C)O. The van der Waals surface area contributed by atoms with Crippen LogP contribution in [-0.4, -0.2) is 28.0 Å². The number of aromatic carboxylic acids is 1. The highest BCUT2D eigenvalue weighted by molar-refractivity contribution is 5.94. The molecule has 21 heavy (non-hydrogen) atoms. The second kappa shape index (κ2) is 7.93. The molecule has 1 atom stereocenters. The van der Waals surface area contributed by atoms with Crippen LogP contribution in [0.15, 0.2) is 29.3 Å². The average molecular weight is 291 g/mol. The molecular formula is C17H25NO3. The molecule has 1 aromatic rings. The van der Waals surface area contributed by atoms with Crippen LogP contribution in [0.3, 0.4) is 0 Å². The van der Waals surface area contributed by atoms with Crippen LogP contribution in [0, 0.1) is 5.92 Å². The van der Waals surface area contributed by atoms with E-state index in [2.05, 4.69) is 11.9 Å². The molecule has 0 fully saturated rings. The van der Waals surface area contributed by atoms with Gasteiger partial charge in [0.25, 0.3) is 0 Å². The summed E-state index contributed by atoms with van der Waals surface area (Å²) in [5.74, 6) is -0.492. The molecule has 0 bridgehead atoms. The molecule has 116 valence electrons. The zero-order valence-corrected chi connectivity index (χ0v) is 13.0. The van der Waals surface area contributed by atoms with Gasteiger partial charge >= 0.3 is 5.97 Å². The minimum Gasteiger partial charge on any atom is -0.478 e. The van der Waals surface area contributed by atoms with E-state index < -0.39 is 11.6 Å². The van der Waals surface area contributed by atoms with Gasteiger partial charge in [0, 0.05) is 6.21 Å². The van der Waals surface area contributed by atoms with Crippen LogP contribution in [0.5, 0.6) is 0 Å². The van der Waals surface area contributed by atoms with E-state index in [1.165, 1.54) is 0 Å². The first-order chi connectivity index (χ1) is 9.79. The van der Waals surface area contributed by atoms with Crippen LogP contribution in [0.2, 0.25) is 0 Å². The van der Waals surface area contributed by atoms with Gasteiger partial charge in [-0.1, -0.05) is 31.9 Å². The van der Waals surface area contributed by atoms with E-state index in [9.17, 15) is 9.90 Å². The molecule has 1 rings (SSSR count). The predicted molar refractivity (Wildman–Crippen MR) is 85.5 cm³/mol. The first-order valence-electron chi connectivity index (χ1n) is 7.37. The van der Waals surface area contributed by atoms with Crippen molar-refractivity contribution in [3.63, 3.8) is 0 Å². The maximum atomic E-state index is 11.1. The molecule has 0 aliphatic carbocycles. The van der Waals surface area contributed by atoms with Crippen LogP contribution in [-0.2, 0) is 0 Å². The quantitative estimate of drug-likeness (QED) is 0.710. The largest absolute Gasteiger partial charge is 0.478 e. The van der Waals surface area contributed by atoms with Crippen molar-refractivity contribution in [2.75, 3.05) is 0 Å². The highest BCUT2D eigenvalue weighted by Crippen LogP contribution is 2.20. The van der Waals surface area contributed by atoms with Crippen molar-refractivity contribution in [1.82, 2.24) is 0 Å². The van der Waals surface area contributed by atoms with Crippen molar-refractivity contribution in [2.24, 2.45) is 10.9 Å². The van der Waals surface area contributed by atoms with Gasteiger partial charge in [0.2, 0.25) is 0 Å². The van der Waals surface area contributed by atoms with E-state index in [1.807, 2.05) is 13.8 Å². The highest BCUT2D eigenvalue weighted by atomic mass is 16.4. The first kappa shape index (κ1) is 17.4. The number of carboxylic acid groups (broad SMARTS) is 1. The standard InChI is InChI=1S/C17H25NO3/c1-13(7-6-11-17(2,3)21)10-12-18-15-9-5-4-8-14(15)16(19)20/h4-5,8-9,12-13,21H,6-7,10-11H2,1-3H3,(H,19,20)/b18-12+. The summed E-state index contributed by atoms with van der Waals surface area (Å²) in [6.45, 7) is 5.78. The van der Waals surface area contributed by atoms with E-state index in [-0.39, 0.29) is 5.56 Å². The lowest BCUT2D eigenvalue weighted by Crippen LogP contribution is -2.18. The van der Waals surface area contributed by atoms with E-state index in [1.54, 1.807) is 30.5 Å². The molecule has 0 aromatic heterocycles. The van der Waals surface area contributed by atoms with Gasteiger partial charge in [-0.2, -0.15) is 0 Å². The minimum atomic E-state index is -0.957. The Balaban J connectivity index is 2.46. The summed E-state index contributed by atoms with van der Waals surface area (Å²) in [7, 11) is 0. The van der Waals surface area contributed by atoms with E-state index in [0.717, 1.165) is 25.7 Å².